The van der Waals surface area contributed by atoms with Crippen LogP contribution in [0.5, 0.6) is 0 Å². The van der Waals surface area contributed by atoms with Crippen LogP contribution in [0.1, 0.15) is 34.1 Å². The van der Waals surface area contributed by atoms with Crippen LogP contribution in [-0.2, 0) is 0 Å². The monoisotopic (exact) mass is 448 g/mol. The molecule has 0 fully saturated rings. The third kappa shape index (κ3) is 2.71. The van der Waals surface area contributed by atoms with Crippen LogP contribution in [-0.4, -0.2) is 10.6 Å². The summed E-state index contributed by atoms with van der Waals surface area (Å²) in [6.45, 7) is 0. The Balaban J connectivity index is 1.49. The number of alkyl halides is 1. The van der Waals surface area contributed by atoms with E-state index in [-0.39, 0.29) is 17.2 Å². The van der Waals surface area contributed by atoms with Gasteiger partial charge >= 0.3 is 0 Å². The summed E-state index contributed by atoms with van der Waals surface area (Å²) in [6, 6.07) is 37.8. The molecule has 154 valence electrons. The molecule has 0 amide bonds. The number of hydrogen-bond donors (Lipinski definition) is 0. The Hall–Kier alpha value is -2.74. The first kappa shape index (κ1) is 18.8. The molecule has 0 radical (unpaired) electrons. The first-order valence-corrected chi connectivity index (χ1v) is 12.5. The zero-order valence-corrected chi connectivity index (χ0v) is 19.0. The van der Waals surface area contributed by atoms with Gasteiger partial charge in [0.25, 0.3) is 0 Å². The first-order chi connectivity index (χ1) is 15.8. The Labute approximate surface area is 197 Å². The molecule has 0 saturated heterocycles. The normalized spacial score (nSPS) is 23.3. The summed E-state index contributed by atoms with van der Waals surface area (Å²) in [7, 11) is 0. The zero-order valence-electron chi connectivity index (χ0n) is 17.4. The lowest BCUT2D eigenvalue weighted by atomic mass is 9.62. The minimum atomic E-state index is 0.0486. The van der Waals surface area contributed by atoms with Gasteiger partial charge in [-0.2, -0.15) is 0 Å². The van der Waals surface area contributed by atoms with Gasteiger partial charge in [0, 0.05) is 22.0 Å². The van der Waals surface area contributed by atoms with E-state index >= 15 is 0 Å². The number of thioether (sulfide) groups is 1. The van der Waals surface area contributed by atoms with Gasteiger partial charge in [-0.1, -0.05) is 91.0 Å². The van der Waals surface area contributed by atoms with E-state index < -0.39 is 0 Å². The average molecular weight is 449 g/mol. The maximum Gasteiger partial charge on any atom is 0.0576 e. The van der Waals surface area contributed by atoms with Gasteiger partial charge in [0.05, 0.1) is 5.38 Å². The highest BCUT2D eigenvalue weighted by molar-refractivity contribution is 8.00. The van der Waals surface area contributed by atoms with Gasteiger partial charge in [0.1, 0.15) is 0 Å². The Bertz CT molecular complexity index is 1400. The number of benzene rings is 5. The fourth-order valence-corrected chi connectivity index (χ4v) is 7.74. The van der Waals surface area contributed by atoms with Crippen molar-refractivity contribution < 1.29 is 0 Å². The number of fused-ring (bicyclic) bond motifs is 3. The van der Waals surface area contributed by atoms with Crippen LogP contribution in [0.25, 0.3) is 21.5 Å². The molecule has 8 rings (SSSR count). The molecule has 0 spiro atoms. The van der Waals surface area contributed by atoms with Gasteiger partial charge in [-0.3, -0.25) is 0 Å². The van der Waals surface area contributed by atoms with Gasteiger partial charge in [-0.15, -0.1) is 23.4 Å². The molecule has 5 aromatic carbocycles. The molecule has 0 saturated carbocycles. The highest BCUT2D eigenvalue weighted by Crippen LogP contribution is 2.59. The summed E-state index contributed by atoms with van der Waals surface area (Å²) >= 11 is 9.31. The van der Waals surface area contributed by atoms with Gasteiger partial charge in [0.15, 0.2) is 0 Å². The van der Waals surface area contributed by atoms with Crippen molar-refractivity contribution in [1.29, 1.82) is 0 Å². The molecular formula is C30H21ClS. The molecular weight excluding hydrogens is 428 g/mol. The van der Waals surface area contributed by atoms with Crippen molar-refractivity contribution in [3.05, 3.63) is 125 Å². The lowest BCUT2D eigenvalue weighted by Gasteiger charge is -2.48. The van der Waals surface area contributed by atoms with Crippen LogP contribution in [0.2, 0.25) is 0 Å². The van der Waals surface area contributed by atoms with E-state index in [0.717, 1.165) is 0 Å². The van der Waals surface area contributed by atoms with E-state index in [1.54, 1.807) is 0 Å². The van der Waals surface area contributed by atoms with Gasteiger partial charge in [-0.25, -0.2) is 0 Å². The predicted molar refractivity (Wildman–Crippen MR) is 137 cm³/mol. The molecule has 5 aromatic rings. The molecule has 0 aromatic heterocycles. The summed E-state index contributed by atoms with van der Waals surface area (Å²) in [5.74, 6) is 0.494. The SMILES string of the molecule is ClC1C2c3cc4ccccc4cc3C(c3cc4ccccc4cc32)C1Sc1ccccc1. The third-order valence-electron chi connectivity index (χ3n) is 7.22. The van der Waals surface area contributed by atoms with Crippen molar-refractivity contribution in [2.24, 2.45) is 0 Å². The highest BCUT2D eigenvalue weighted by atomic mass is 35.5. The van der Waals surface area contributed by atoms with Gasteiger partial charge < -0.3 is 0 Å². The van der Waals surface area contributed by atoms with Gasteiger partial charge in [-0.05, 0) is 55.9 Å². The summed E-state index contributed by atoms with van der Waals surface area (Å²) in [6.07, 6.45) is 0. The van der Waals surface area contributed by atoms with Gasteiger partial charge in [0.2, 0.25) is 0 Å². The van der Waals surface area contributed by atoms with Crippen molar-refractivity contribution in [2.45, 2.75) is 27.4 Å². The highest BCUT2D eigenvalue weighted by Gasteiger charge is 2.49. The maximum absolute atomic E-state index is 7.37. The van der Waals surface area contributed by atoms with Crippen LogP contribution in [0.3, 0.4) is 0 Å². The second-order valence-electron chi connectivity index (χ2n) is 8.95. The van der Waals surface area contributed by atoms with E-state index in [1.807, 2.05) is 11.8 Å². The van der Waals surface area contributed by atoms with E-state index in [4.69, 9.17) is 11.6 Å². The zero-order chi connectivity index (χ0) is 21.2. The summed E-state index contributed by atoms with van der Waals surface area (Å²) < 4.78 is 0. The number of hydrogen-bond acceptors (Lipinski definition) is 1. The van der Waals surface area contributed by atoms with E-state index in [2.05, 4.69) is 103 Å². The van der Waals surface area contributed by atoms with Crippen molar-refractivity contribution >= 4 is 44.9 Å². The third-order valence-corrected chi connectivity index (χ3v) is 9.27. The second kappa shape index (κ2) is 7.13. The molecule has 32 heavy (non-hydrogen) atoms. The molecule has 2 heteroatoms. The average Bonchev–Trinajstić information content (AvgIpc) is 2.84. The molecule has 2 atom stereocenters. The first-order valence-electron chi connectivity index (χ1n) is 11.2. The molecule has 0 nitrogen and oxygen atoms in total. The molecule has 2 bridgehead atoms. The topological polar surface area (TPSA) is 0 Å². The van der Waals surface area contributed by atoms with Crippen LogP contribution in [0, 0.1) is 0 Å². The minimum absolute atomic E-state index is 0.0486. The van der Waals surface area contributed by atoms with Crippen molar-refractivity contribution in [3.63, 3.8) is 0 Å². The van der Waals surface area contributed by atoms with Crippen LogP contribution in [0.4, 0.5) is 0 Å². The van der Waals surface area contributed by atoms with Crippen molar-refractivity contribution in [3.8, 4) is 0 Å². The Morgan fingerprint density at radius 3 is 1.38 bits per heavy atom. The molecule has 2 unspecified atom stereocenters. The van der Waals surface area contributed by atoms with Crippen LogP contribution < -0.4 is 0 Å². The standard InChI is InChI=1S/C30H21ClS/c31-29-27-23-14-18-8-4-6-10-20(18)16-25(23)28(30(29)32-22-12-2-1-3-13-22)26-17-21-11-7-5-9-19(21)15-24(26)27/h1-17,27-30H. The largest absolute Gasteiger partial charge is 0.121 e. The summed E-state index contributed by atoms with van der Waals surface area (Å²) in [4.78, 5) is 1.29. The Morgan fingerprint density at radius 1 is 0.500 bits per heavy atom. The minimum Gasteiger partial charge on any atom is -0.121 e. The molecule has 3 aliphatic rings. The molecule has 0 aliphatic heterocycles. The number of halogens is 1. The maximum atomic E-state index is 7.37. The van der Waals surface area contributed by atoms with E-state index in [1.165, 1.54) is 48.7 Å². The van der Waals surface area contributed by atoms with Crippen LogP contribution in [0.15, 0.2) is 108 Å². The summed E-state index contributed by atoms with van der Waals surface area (Å²) in [5, 5.41) is 5.58. The van der Waals surface area contributed by atoms with Crippen LogP contribution >= 0.6 is 23.4 Å². The lowest BCUT2D eigenvalue weighted by molar-refractivity contribution is 0.543. The second-order valence-corrected chi connectivity index (χ2v) is 10.7. The quantitative estimate of drug-likeness (QED) is 0.244. The molecule has 3 aliphatic carbocycles. The smallest absolute Gasteiger partial charge is 0.0576 e. The molecule has 0 heterocycles. The molecule has 0 N–H and O–H groups in total. The fraction of sp³-hybridized carbons (Fsp3) is 0.133. The van der Waals surface area contributed by atoms with E-state index in [9.17, 15) is 0 Å². The number of rotatable bonds is 2. The van der Waals surface area contributed by atoms with Crippen molar-refractivity contribution in [1.82, 2.24) is 0 Å². The van der Waals surface area contributed by atoms with Crippen molar-refractivity contribution in [2.75, 3.05) is 0 Å². The van der Waals surface area contributed by atoms with E-state index in [0.29, 0.717) is 5.25 Å². The summed E-state index contributed by atoms with van der Waals surface area (Å²) in [5.41, 5.74) is 5.76. The lowest BCUT2D eigenvalue weighted by Crippen LogP contribution is -2.42. The fourth-order valence-electron chi connectivity index (χ4n) is 5.82. The Kier molecular flexibility index (Phi) is 4.19. The predicted octanol–water partition coefficient (Wildman–Crippen LogP) is 8.35. The Morgan fingerprint density at radius 2 is 0.906 bits per heavy atom.